The average molecular weight is 1370 g/mol. The lowest BCUT2D eigenvalue weighted by molar-refractivity contribution is -0.147. The van der Waals surface area contributed by atoms with Crippen molar-refractivity contribution in [1.82, 2.24) is 51.0 Å². The fourth-order valence-electron chi connectivity index (χ4n) is 12.5. The quantitative estimate of drug-likeness (QED) is 0.0337. The summed E-state index contributed by atoms with van der Waals surface area (Å²) >= 11 is 1.40. The summed E-state index contributed by atoms with van der Waals surface area (Å²) in [5.41, 5.74) is 15.0. The second-order valence-electron chi connectivity index (χ2n) is 25.4. The van der Waals surface area contributed by atoms with Gasteiger partial charge in [-0.3, -0.25) is 33.6 Å². The van der Waals surface area contributed by atoms with Crippen LogP contribution < -0.4 is 47.7 Å². The van der Waals surface area contributed by atoms with Gasteiger partial charge >= 0.3 is 0 Å². The van der Waals surface area contributed by atoms with Crippen LogP contribution in [0.3, 0.4) is 0 Å². The van der Waals surface area contributed by atoms with Crippen LogP contribution >= 0.6 is 11.3 Å². The van der Waals surface area contributed by atoms with Gasteiger partial charge in [0.05, 0.1) is 61.2 Å². The molecule has 0 spiro atoms. The predicted octanol–water partition coefficient (Wildman–Crippen LogP) is -1.34. The molecule has 30 nitrogen and oxygen atoms in total. The number of hydrogen-bond acceptors (Lipinski definition) is 23. The van der Waals surface area contributed by atoms with Gasteiger partial charge in [0.1, 0.15) is 41.3 Å². The zero-order chi connectivity index (χ0) is 69.6. The number of rotatable bonds is 23. The maximum atomic E-state index is 14.8. The second kappa shape index (κ2) is 34.0. The van der Waals surface area contributed by atoms with Crippen LogP contribution in [0.5, 0.6) is 11.5 Å². The molecule has 528 valence electrons. The summed E-state index contributed by atoms with van der Waals surface area (Å²) in [5, 5.41) is 97.3. The zero-order valence-electron chi connectivity index (χ0n) is 54.6. The number of aliphatic hydroxyl groups is 6. The number of aromatic hydroxyl groups is 1. The van der Waals surface area contributed by atoms with E-state index < -0.39 is 152 Å². The van der Waals surface area contributed by atoms with Crippen molar-refractivity contribution in [2.45, 2.75) is 157 Å². The van der Waals surface area contributed by atoms with Crippen molar-refractivity contribution in [2.75, 3.05) is 77.6 Å². The third kappa shape index (κ3) is 18.4. The number of nitrogens with one attached hydrogen (secondary N) is 5. The fourth-order valence-corrected chi connectivity index (χ4v) is 13.4. The molecule has 9 rings (SSSR count). The number of aromatic nitrogens is 3. The van der Waals surface area contributed by atoms with Crippen LogP contribution in [-0.4, -0.2) is 253 Å². The Morgan fingerprint density at radius 1 is 0.753 bits per heavy atom. The Hall–Kier alpha value is -7.95. The van der Waals surface area contributed by atoms with Gasteiger partial charge in [-0.1, -0.05) is 36.5 Å². The first-order valence-corrected chi connectivity index (χ1v) is 33.8. The summed E-state index contributed by atoms with van der Waals surface area (Å²) in [5.74, 6) is -8.59. The Balaban J connectivity index is 0.930. The number of ether oxygens (including phenoxy) is 3. The van der Waals surface area contributed by atoms with Crippen LogP contribution in [0.15, 0.2) is 72.9 Å². The molecule has 0 aliphatic carbocycles. The summed E-state index contributed by atoms with van der Waals surface area (Å²) in [6, 6.07) is 7.60. The van der Waals surface area contributed by atoms with Crippen molar-refractivity contribution in [1.29, 1.82) is 0 Å². The number of anilines is 1. The smallest absolute Gasteiger partial charge is 0.251 e. The summed E-state index contributed by atoms with van der Waals surface area (Å²) in [7, 11) is 1.72. The topological polar surface area (TPSA) is 441 Å². The van der Waals surface area contributed by atoms with Gasteiger partial charge in [0, 0.05) is 101 Å². The van der Waals surface area contributed by atoms with E-state index in [0.29, 0.717) is 22.6 Å². The molecule has 4 saturated heterocycles. The molecule has 4 aliphatic rings. The lowest BCUT2D eigenvalue weighted by Crippen LogP contribution is -2.64. The van der Waals surface area contributed by atoms with E-state index in [2.05, 4.69) is 43.6 Å². The van der Waals surface area contributed by atoms with Gasteiger partial charge in [0.15, 0.2) is 11.5 Å². The molecule has 0 saturated carbocycles. The highest BCUT2D eigenvalue weighted by molar-refractivity contribution is 7.19. The molecule has 0 radical (unpaired) electrons. The molecule has 4 fully saturated rings. The number of carbonyl (C=O) groups excluding carboxylic acids is 7. The minimum absolute atomic E-state index is 0.00340. The summed E-state index contributed by atoms with van der Waals surface area (Å²) in [6.45, 7) is 4.73. The van der Waals surface area contributed by atoms with E-state index in [1.54, 1.807) is 30.0 Å². The summed E-state index contributed by atoms with van der Waals surface area (Å²) < 4.78 is 18.6. The molecule has 97 heavy (non-hydrogen) atoms. The maximum absolute atomic E-state index is 14.8. The lowest BCUT2D eigenvalue weighted by atomic mass is 9.98. The number of unbranched alkanes of at least 4 members (excludes halogenated alkanes) is 2. The molecular weight excluding hydrogens is 1280 g/mol. The number of benzene rings is 3. The Labute approximate surface area is 565 Å². The maximum Gasteiger partial charge on any atom is 0.251 e. The van der Waals surface area contributed by atoms with E-state index in [1.807, 2.05) is 12.1 Å². The Bertz CT molecular complexity index is 3470. The molecule has 2 aromatic heterocycles. The molecule has 5 aromatic rings. The highest BCUT2D eigenvalue weighted by Gasteiger charge is 2.50. The van der Waals surface area contributed by atoms with Gasteiger partial charge in [0.2, 0.25) is 40.4 Å². The van der Waals surface area contributed by atoms with Gasteiger partial charge in [-0.25, -0.2) is 9.50 Å². The number of β-amino-alcohol motifs (C(OH)–C–C–N with tert-alkyl or cyclic N) is 1. The third-order valence-corrected chi connectivity index (χ3v) is 19.0. The van der Waals surface area contributed by atoms with E-state index in [-0.39, 0.29) is 61.4 Å². The minimum Gasteiger partial charge on any atom is -0.504 e. The summed E-state index contributed by atoms with van der Waals surface area (Å²) in [6.07, 6.45) is -4.34. The molecular formula is C66H91N13O17S. The molecule has 6 heterocycles. The van der Waals surface area contributed by atoms with Crippen molar-refractivity contribution in [2.24, 2.45) is 17.4 Å². The largest absolute Gasteiger partial charge is 0.504 e. The number of carbonyl (C=O) groups is 7. The number of nitrogens with two attached hydrogens (primary N) is 2. The molecule has 4 aliphatic heterocycles. The standard InChI is InChI=1S/C66H91N13O17S/c1-36-33-78-56(57(36)86)62(91)69-32-43(81)30-46(70-58(87)40-11-9-39(10-12-40)47-35-79-66(71-47)97-63(75-79)41-13-15-42(16-14-41)76-23-19-45(20-24-76)95-26-6-4-5-25-94-3)59(88)72-53(37(2)80)64(92)77-34-44(82)31-48(77)60(89)73-54(61(90)74-55(65(78)93)50(84)18-22-68)51(85)28-38-8-17-49(83)52(29-38)96-27-7-21-67/h8-17,29,35-37,43-46,48,50-51,53-57,80-86H,4-7,18-28,30-34,67-68H2,1-3H3,(H,69,91)(H,70,87)(H,72,88)(H,73,89)(H,74,90)/t36-,37+,43+,44+,46-,48-,50+,51+,53-,54-,55-,56-,57-/m0/s1. The van der Waals surface area contributed by atoms with Gasteiger partial charge in [-0.2, -0.15) is 5.10 Å². The number of phenolic OH excluding ortho intramolecular Hbond substituents is 1. The van der Waals surface area contributed by atoms with Crippen LogP contribution in [-0.2, 0) is 44.7 Å². The van der Waals surface area contributed by atoms with Crippen molar-refractivity contribution in [3.05, 3.63) is 84.1 Å². The third-order valence-electron chi connectivity index (χ3n) is 18.0. The monoisotopic (exact) mass is 1370 g/mol. The van der Waals surface area contributed by atoms with Gasteiger partial charge in [-0.15, -0.1) is 0 Å². The molecule has 3 aromatic carbocycles. The molecule has 31 heteroatoms. The normalized spacial score (nSPS) is 25.3. The molecule has 0 bridgehead atoms. The Morgan fingerprint density at radius 3 is 2.13 bits per heavy atom. The SMILES string of the molecule is COCCCCCOC1CCN(c2ccc(-c3nn4cc(-c5ccc(C(=O)N[C@H]6C[C@@H](O)CNC(=O)[C@@H]7[C@@H](O)[C@@H](C)CN7C(=O)[C@H]([C@H](O)CCN)NC(=O)[C@H]([C@H](O)Cc7ccc(O)c(OCCCN)c7)NC(=O)[C@@H]7C[C@@H](O)CN7C(=O)[C@H]([C@@H](C)O)NC6=O)cc5)nc4s3)cc2)CC1. The van der Waals surface area contributed by atoms with Crippen LogP contribution in [0.2, 0.25) is 0 Å². The predicted molar refractivity (Wildman–Crippen MR) is 354 cm³/mol. The average Bonchev–Trinajstić information content (AvgIpc) is 1.67. The Kier molecular flexibility index (Phi) is 25.7. The van der Waals surface area contributed by atoms with Crippen LogP contribution in [0, 0.1) is 5.92 Å². The van der Waals surface area contributed by atoms with Crippen molar-refractivity contribution >= 4 is 63.3 Å². The highest BCUT2D eigenvalue weighted by Crippen LogP contribution is 2.33. The lowest BCUT2D eigenvalue weighted by Gasteiger charge is -2.34. The van der Waals surface area contributed by atoms with Crippen LogP contribution in [0.1, 0.15) is 87.6 Å². The number of piperidine rings is 1. The van der Waals surface area contributed by atoms with Gasteiger partial charge in [-0.05, 0) is 119 Å². The minimum atomic E-state index is -2.04. The number of aliphatic hydroxyl groups excluding tert-OH is 6. The first-order valence-electron chi connectivity index (χ1n) is 33.0. The summed E-state index contributed by atoms with van der Waals surface area (Å²) in [4.78, 5) is 111. The Morgan fingerprint density at radius 2 is 1.44 bits per heavy atom. The van der Waals surface area contributed by atoms with Gasteiger partial charge in [0.25, 0.3) is 5.91 Å². The van der Waals surface area contributed by atoms with Crippen LogP contribution in [0.4, 0.5) is 5.69 Å². The number of phenols is 1. The van der Waals surface area contributed by atoms with E-state index in [0.717, 1.165) is 91.4 Å². The zero-order valence-corrected chi connectivity index (χ0v) is 55.4. The molecule has 7 amide bonds. The first kappa shape index (κ1) is 73.3. The van der Waals surface area contributed by atoms with Crippen LogP contribution in [0.25, 0.3) is 26.8 Å². The van der Waals surface area contributed by atoms with E-state index in [9.17, 15) is 69.3 Å². The molecule has 13 atom stereocenters. The fraction of sp³-hybridized carbons (Fsp3) is 0.561. The van der Waals surface area contributed by atoms with E-state index >= 15 is 0 Å². The number of fused-ring (bicyclic) bond motifs is 3. The highest BCUT2D eigenvalue weighted by atomic mass is 32.1. The number of nitrogens with zero attached hydrogens (tertiary/aromatic N) is 6. The van der Waals surface area contributed by atoms with Gasteiger partial charge < -0.3 is 103 Å². The second-order valence-corrected chi connectivity index (χ2v) is 26.3. The number of hydrogen-bond donors (Lipinski definition) is 14. The van der Waals surface area contributed by atoms with Crippen molar-refractivity contribution in [3.63, 3.8) is 0 Å². The van der Waals surface area contributed by atoms with Crippen molar-refractivity contribution in [3.8, 4) is 33.3 Å². The number of methoxy groups -OCH3 is 1. The van der Waals surface area contributed by atoms with Crippen molar-refractivity contribution < 1.29 is 83.5 Å². The number of imidazole rings is 1. The number of amides is 7. The first-order chi connectivity index (χ1) is 46.5. The van der Waals surface area contributed by atoms with E-state index in [1.165, 1.54) is 48.6 Å². The van der Waals surface area contributed by atoms with E-state index in [4.69, 9.17) is 35.8 Å². The molecule has 0 unspecified atom stereocenters. The molecule has 16 N–H and O–H groups in total.